The molecule has 1 aliphatic rings. The summed E-state index contributed by atoms with van der Waals surface area (Å²) in [5, 5.41) is 15.9. The van der Waals surface area contributed by atoms with Crippen molar-refractivity contribution in [2.45, 2.75) is 32.0 Å². The molecule has 3 aromatic carbocycles. The zero-order valence-corrected chi connectivity index (χ0v) is 22.8. The van der Waals surface area contributed by atoms with Gasteiger partial charge < -0.3 is 39.8 Å². The lowest BCUT2D eigenvalue weighted by Crippen LogP contribution is -2.29. The number of fused-ring (bicyclic) bond motifs is 1. The van der Waals surface area contributed by atoms with Gasteiger partial charge in [-0.05, 0) is 67.8 Å². The molecule has 0 fully saturated rings. The molecular weight excluding hydrogens is 530 g/mol. The van der Waals surface area contributed by atoms with Gasteiger partial charge in [0.15, 0.2) is 29.1 Å². The van der Waals surface area contributed by atoms with Gasteiger partial charge in [0.05, 0.1) is 24.6 Å². The number of carbonyl (C=O) groups excluding carboxylic acids is 2. The summed E-state index contributed by atoms with van der Waals surface area (Å²) in [6.07, 6.45) is 1.73. The Bertz CT molecular complexity index is 1390. The van der Waals surface area contributed by atoms with Crippen LogP contribution in [0.4, 0.5) is 21.9 Å². The second kappa shape index (κ2) is 13.9. The molecule has 0 bridgehead atoms. The Labute approximate surface area is 237 Å². The number of methoxy groups -OCH3 is 1. The molecule has 1 aliphatic heterocycles. The summed E-state index contributed by atoms with van der Waals surface area (Å²) >= 11 is 0. The molecule has 41 heavy (non-hydrogen) atoms. The second-order valence-corrected chi connectivity index (χ2v) is 9.00. The van der Waals surface area contributed by atoms with E-state index in [0.717, 1.165) is 0 Å². The van der Waals surface area contributed by atoms with Gasteiger partial charge in [0.1, 0.15) is 0 Å². The predicted molar refractivity (Wildman–Crippen MR) is 153 cm³/mol. The molecule has 11 heteroatoms. The molecule has 0 aliphatic carbocycles. The fraction of sp³-hybridized carbons (Fsp3) is 0.267. The number of amides is 2. The third-order valence-corrected chi connectivity index (χ3v) is 6.21. The van der Waals surface area contributed by atoms with E-state index in [1.165, 1.54) is 19.3 Å². The van der Waals surface area contributed by atoms with Crippen molar-refractivity contribution in [3.05, 3.63) is 78.4 Å². The quantitative estimate of drug-likeness (QED) is 0.168. The fourth-order valence-corrected chi connectivity index (χ4v) is 4.25. The van der Waals surface area contributed by atoms with Gasteiger partial charge in [-0.25, -0.2) is 4.79 Å². The predicted octanol–water partition coefficient (Wildman–Crippen LogP) is 5.38. The molecule has 0 saturated carbocycles. The first-order chi connectivity index (χ1) is 19.9. The number of nitrogen functional groups attached to an aromatic ring is 1. The average Bonchev–Trinajstić information content (AvgIpc) is 3.43. The minimum atomic E-state index is -0.896. The number of ether oxygens (including phenoxy) is 5. The largest absolute Gasteiger partial charge is 0.504 e. The van der Waals surface area contributed by atoms with Crippen LogP contribution in [0.1, 0.15) is 31.4 Å². The summed E-state index contributed by atoms with van der Waals surface area (Å²) in [7, 11) is 1.44. The third-order valence-electron chi connectivity index (χ3n) is 6.21. The molecule has 0 radical (unpaired) electrons. The van der Waals surface area contributed by atoms with Gasteiger partial charge in [-0.15, -0.1) is 0 Å². The highest BCUT2D eigenvalue weighted by atomic mass is 16.7. The Morgan fingerprint density at radius 3 is 2.63 bits per heavy atom. The lowest BCUT2D eigenvalue weighted by Gasteiger charge is -2.27. The van der Waals surface area contributed by atoms with E-state index in [4.69, 9.17) is 29.4 Å². The Morgan fingerprint density at radius 1 is 1.07 bits per heavy atom. The van der Waals surface area contributed by atoms with Gasteiger partial charge in [0.25, 0.3) is 0 Å². The molecule has 11 nitrogen and oxygen atoms in total. The molecule has 2 amide bonds. The van der Waals surface area contributed by atoms with Crippen molar-refractivity contribution in [1.29, 1.82) is 0 Å². The van der Waals surface area contributed by atoms with E-state index in [1.807, 2.05) is 6.92 Å². The van der Waals surface area contributed by atoms with Crippen molar-refractivity contribution in [2.75, 3.05) is 36.9 Å². The van der Waals surface area contributed by atoms with Gasteiger partial charge in [-0.2, -0.15) is 0 Å². The number of para-hydroxylation sites is 2. The lowest BCUT2D eigenvalue weighted by atomic mass is 9.99. The van der Waals surface area contributed by atoms with E-state index >= 15 is 0 Å². The van der Waals surface area contributed by atoms with Gasteiger partial charge >= 0.3 is 6.09 Å². The van der Waals surface area contributed by atoms with Crippen LogP contribution in [0.3, 0.4) is 0 Å². The smallest absolute Gasteiger partial charge is 0.412 e. The highest BCUT2D eigenvalue weighted by Crippen LogP contribution is 2.36. The number of nitrogens with two attached hydrogens (primary N) is 1. The number of carbonyl (C=O) groups is 2. The first-order valence-corrected chi connectivity index (χ1v) is 13.1. The van der Waals surface area contributed by atoms with Crippen molar-refractivity contribution >= 4 is 29.1 Å². The summed E-state index contributed by atoms with van der Waals surface area (Å²) in [5.74, 6) is 0.935. The van der Waals surface area contributed by atoms with Crippen LogP contribution in [0, 0.1) is 0 Å². The number of benzene rings is 3. The van der Waals surface area contributed by atoms with Crippen LogP contribution in [0.25, 0.3) is 0 Å². The highest BCUT2D eigenvalue weighted by molar-refractivity contribution is 6.01. The van der Waals surface area contributed by atoms with Crippen molar-refractivity contribution in [3.8, 4) is 23.0 Å². The SMILES string of the molecule is CCO[C@H](CC/C=C/C(=O)Nc1ccccc1N)[C@H](OC(=O)Nc1ccc2c(c1)OCO2)c1ccc(OC)c(O)c1. The van der Waals surface area contributed by atoms with Crippen LogP contribution < -0.4 is 30.6 Å². The number of allylic oxidation sites excluding steroid dienone is 1. The standard InChI is InChI=1S/C30H33N3O8/c1-3-38-26(10-6-7-11-28(35)33-22-9-5-4-8-21(22)31)29(19-12-14-24(37-2)23(34)16-19)41-30(36)32-20-13-15-25-27(17-20)40-18-39-25/h4-5,7-9,11-17,26,29,34H,3,6,10,18,31H2,1-2H3,(H,32,36)(H,33,35)/b11-7+/t26-,29-/m1/s1. The molecule has 216 valence electrons. The minimum Gasteiger partial charge on any atom is -0.504 e. The maximum Gasteiger partial charge on any atom is 0.412 e. The van der Waals surface area contributed by atoms with Gasteiger partial charge in [-0.1, -0.05) is 24.3 Å². The first kappa shape index (κ1) is 29.1. The molecular formula is C30H33N3O8. The molecule has 1 heterocycles. The van der Waals surface area contributed by atoms with Gasteiger partial charge in [0.2, 0.25) is 12.7 Å². The van der Waals surface area contributed by atoms with Crippen molar-refractivity contribution in [1.82, 2.24) is 0 Å². The zero-order chi connectivity index (χ0) is 29.2. The fourth-order valence-electron chi connectivity index (χ4n) is 4.25. The summed E-state index contributed by atoms with van der Waals surface area (Å²) < 4.78 is 27.7. The van der Waals surface area contributed by atoms with Crippen molar-refractivity contribution in [2.24, 2.45) is 0 Å². The second-order valence-electron chi connectivity index (χ2n) is 9.00. The van der Waals surface area contributed by atoms with E-state index in [0.29, 0.717) is 53.6 Å². The van der Waals surface area contributed by atoms with Crippen LogP contribution in [0.15, 0.2) is 72.8 Å². The zero-order valence-electron chi connectivity index (χ0n) is 22.8. The summed E-state index contributed by atoms with van der Waals surface area (Å²) in [5.41, 5.74) is 7.83. The monoisotopic (exact) mass is 563 g/mol. The Hall–Kier alpha value is -4.90. The molecule has 4 rings (SSSR count). The molecule has 0 aromatic heterocycles. The van der Waals surface area contributed by atoms with Crippen LogP contribution in [0.2, 0.25) is 0 Å². The summed E-state index contributed by atoms with van der Waals surface area (Å²) in [6.45, 7) is 2.28. The molecule has 2 atom stereocenters. The van der Waals surface area contributed by atoms with E-state index in [-0.39, 0.29) is 24.2 Å². The van der Waals surface area contributed by atoms with Crippen LogP contribution >= 0.6 is 0 Å². The van der Waals surface area contributed by atoms with Gasteiger partial charge in [-0.3, -0.25) is 10.1 Å². The van der Waals surface area contributed by atoms with Crippen LogP contribution in [-0.2, 0) is 14.3 Å². The lowest BCUT2D eigenvalue weighted by molar-refractivity contribution is -0.111. The van der Waals surface area contributed by atoms with Crippen LogP contribution in [-0.4, -0.2) is 43.7 Å². The van der Waals surface area contributed by atoms with Crippen molar-refractivity contribution in [3.63, 3.8) is 0 Å². The third kappa shape index (κ3) is 7.83. The highest BCUT2D eigenvalue weighted by Gasteiger charge is 2.29. The minimum absolute atomic E-state index is 0.109. The summed E-state index contributed by atoms with van der Waals surface area (Å²) in [6, 6.07) is 16.7. The number of hydrogen-bond acceptors (Lipinski definition) is 9. The Kier molecular flexibility index (Phi) is 9.89. The Balaban J connectivity index is 1.47. The van der Waals surface area contributed by atoms with E-state index < -0.39 is 18.3 Å². The average molecular weight is 564 g/mol. The number of anilines is 3. The van der Waals surface area contributed by atoms with Crippen LogP contribution in [0.5, 0.6) is 23.0 Å². The Morgan fingerprint density at radius 2 is 1.88 bits per heavy atom. The first-order valence-electron chi connectivity index (χ1n) is 13.1. The number of phenols is 1. The number of hydrogen-bond donors (Lipinski definition) is 4. The van der Waals surface area contributed by atoms with E-state index in [2.05, 4.69) is 10.6 Å². The van der Waals surface area contributed by atoms with Crippen molar-refractivity contribution < 1.29 is 38.4 Å². The molecule has 5 N–H and O–H groups in total. The number of phenolic OH excluding ortho intramolecular Hbond substituents is 1. The maximum atomic E-state index is 13.0. The molecule has 3 aromatic rings. The maximum absolute atomic E-state index is 13.0. The normalized spacial score (nSPS) is 13.4. The van der Waals surface area contributed by atoms with Gasteiger partial charge in [0, 0.05) is 18.4 Å². The molecule has 0 unspecified atom stereocenters. The summed E-state index contributed by atoms with van der Waals surface area (Å²) in [4.78, 5) is 25.4. The number of aromatic hydroxyl groups is 1. The topological polar surface area (TPSA) is 151 Å². The molecule has 0 spiro atoms. The number of rotatable bonds is 12. The molecule has 0 saturated heterocycles. The van der Waals surface area contributed by atoms with E-state index in [1.54, 1.807) is 60.7 Å². The van der Waals surface area contributed by atoms with E-state index in [9.17, 15) is 14.7 Å². The number of nitrogens with one attached hydrogen (secondary N) is 2.